The molecule has 1 N–H and O–H groups in total. The van der Waals surface area contributed by atoms with Gasteiger partial charge in [-0.25, -0.2) is 4.98 Å². The lowest BCUT2D eigenvalue weighted by Crippen LogP contribution is -2.32. The Balaban J connectivity index is 1.93. The molecule has 0 aliphatic carbocycles. The molecule has 0 spiro atoms. The molecule has 2 aromatic rings. The van der Waals surface area contributed by atoms with E-state index < -0.39 is 0 Å². The van der Waals surface area contributed by atoms with Crippen LogP contribution in [0, 0.1) is 0 Å². The van der Waals surface area contributed by atoms with Gasteiger partial charge in [0, 0.05) is 5.02 Å². The van der Waals surface area contributed by atoms with Gasteiger partial charge in [0.25, 0.3) is 5.56 Å². The van der Waals surface area contributed by atoms with Crippen LogP contribution in [0.15, 0.2) is 35.4 Å². The van der Waals surface area contributed by atoms with E-state index in [1.807, 2.05) is 12.1 Å². The molecule has 0 amide bonds. The van der Waals surface area contributed by atoms with Crippen LogP contribution in [0.2, 0.25) is 5.02 Å². The molecule has 7 heteroatoms. The Morgan fingerprint density at radius 1 is 1.43 bits per heavy atom. The van der Waals surface area contributed by atoms with Gasteiger partial charge in [-0.1, -0.05) is 23.7 Å². The summed E-state index contributed by atoms with van der Waals surface area (Å²) in [5.41, 5.74) is 0.895. The van der Waals surface area contributed by atoms with E-state index in [-0.39, 0.29) is 29.7 Å². The number of nitrogens with one attached hydrogen (secondary N) is 1. The second-order valence-electron chi connectivity index (χ2n) is 4.61. The van der Waals surface area contributed by atoms with Gasteiger partial charge in [0.05, 0.1) is 12.6 Å². The van der Waals surface area contributed by atoms with E-state index >= 15 is 0 Å². The molecule has 21 heavy (non-hydrogen) atoms. The SMILES string of the molecule is O=CCn1cnc2c(c1=O)N[C@H](c1ccc(Cl)cc1)CO2. The largest absolute Gasteiger partial charge is 0.473 e. The van der Waals surface area contributed by atoms with Gasteiger partial charge >= 0.3 is 0 Å². The minimum absolute atomic E-state index is 0.0353. The van der Waals surface area contributed by atoms with Gasteiger partial charge in [-0.3, -0.25) is 9.36 Å². The minimum Gasteiger partial charge on any atom is -0.473 e. The topological polar surface area (TPSA) is 73.2 Å². The molecule has 0 fully saturated rings. The van der Waals surface area contributed by atoms with Crippen LogP contribution in [0.1, 0.15) is 11.6 Å². The van der Waals surface area contributed by atoms with E-state index in [0.717, 1.165) is 5.56 Å². The Kier molecular flexibility index (Phi) is 3.62. The van der Waals surface area contributed by atoms with E-state index in [2.05, 4.69) is 10.3 Å². The predicted octanol–water partition coefficient (Wildman–Crippen LogP) is 1.64. The maximum Gasteiger partial charge on any atom is 0.281 e. The van der Waals surface area contributed by atoms with E-state index in [1.54, 1.807) is 12.1 Å². The molecule has 0 saturated heterocycles. The van der Waals surface area contributed by atoms with Crippen molar-refractivity contribution in [2.45, 2.75) is 12.6 Å². The first-order valence-electron chi connectivity index (χ1n) is 6.37. The van der Waals surface area contributed by atoms with Crippen LogP contribution in [0.4, 0.5) is 5.69 Å². The van der Waals surface area contributed by atoms with Gasteiger partial charge in [0.15, 0.2) is 5.69 Å². The summed E-state index contributed by atoms with van der Waals surface area (Å²) in [6.45, 7) is 0.325. The summed E-state index contributed by atoms with van der Waals surface area (Å²) in [5.74, 6) is 0.257. The molecule has 0 saturated carbocycles. The van der Waals surface area contributed by atoms with Crippen molar-refractivity contribution < 1.29 is 9.53 Å². The highest BCUT2D eigenvalue weighted by atomic mass is 35.5. The monoisotopic (exact) mass is 305 g/mol. The molecule has 1 aromatic carbocycles. The van der Waals surface area contributed by atoms with Gasteiger partial charge in [0.1, 0.15) is 19.2 Å². The summed E-state index contributed by atoms with van der Waals surface area (Å²) in [6, 6.07) is 7.13. The van der Waals surface area contributed by atoms with Crippen molar-refractivity contribution in [1.29, 1.82) is 0 Å². The maximum absolute atomic E-state index is 12.2. The molecule has 1 aromatic heterocycles. The van der Waals surface area contributed by atoms with Gasteiger partial charge in [-0.05, 0) is 17.7 Å². The molecule has 0 unspecified atom stereocenters. The fourth-order valence-electron chi connectivity index (χ4n) is 2.17. The number of ether oxygens (including phenoxy) is 1. The first-order chi connectivity index (χ1) is 10.2. The summed E-state index contributed by atoms with van der Waals surface area (Å²) in [4.78, 5) is 26.8. The molecule has 1 aliphatic heterocycles. The number of rotatable bonds is 3. The highest BCUT2D eigenvalue weighted by Crippen LogP contribution is 2.29. The lowest BCUT2D eigenvalue weighted by Gasteiger charge is -2.26. The number of anilines is 1. The highest BCUT2D eigenvalue weighted by Gasteiger charge is 2.24. The summed E-state index contributed by atoms with van der Waals surface area (Å²) in [7, 11) is 0. The number of hydrogen-bond acceptors (Lipinski definition) is 5. The van der Waals surface area contributed by atoms with Crippen molar-refractivity contribution in [3.63, 3.8) is 0 Å². The Bertz CT molecular complexity index is 727. The second-order valence-corrected chi connectivity index (χ2v) is 5.04. The fraction of sp³-hybridized carbons (Fsp3) is 0.214. The van der Waals surface area contributed by atoms with Gasteiger partial charge in [0.2, 0.25) is 5.88 Å². The van der Waals surface area contributed by atoms with Crippen molar-refractivity contribution in [3.05, 3.63) is 51.5 Å². The van der Waals surface area contributed by atoms with E-state index in [9.17, 15) is 9.59 Å². The second kappa shape index (κ2) is 5.57. The molecular weight excluding hydrogens is 294 g/mol. The Labute approximate surface area is 125 Å². The van der Waals surface area contributed by atoms with Crippen LogP contribution in [0.25, 0.3) is 0 Å². The predicted molar refractivity (Wildman–Crippen MR) is 77.9 cm³/mol. The van der Waals surface area contributed by atoms with Crippen molar-refractivity contribution >= 4 is 23.6 Å². The smallest absolute Gasteiger partial charge is 0.281 e. The number of nitrogens with zero attached hydrogens (tertiary/aromatic N) is 2. The first kappa shape index (κ1) is 13.6. The molecule has 1 aliphatic rings. The molecule has 3 rings (SSSR count). The standard InChI is InChI=1S/C14H12ClN3O3/c15-10-3-1-9(2-4-10)11-7-21-13-12(17-11)14(20)18(5-6-19)8-16-13/h1-4,6,8,11,17H,5,7H2/t11-/m0/s1. The Morgan fingerprint density at radius 2 is 2.19 bits per heavy atom. The molecule has 1 atom stereocenters. The lowest BCUT2D eigenvalue weighted by atomic mass is 10.1. The summed E-state index contributed by atoms with van der Waals surface area (Å²) >= 11 is 5.86. The number of aromatic nitrogens is 2. The first-order valence-corrected chi connectivity index (χ1v) is 6.74. The van der Waals surface area contributed by atoms with Crippen LogP contribution in [-0.4, -0.2) is 22.4 Å². The molecule has 2 heterocycles. The number of carbonyl (C=O) groups is 1. The van der Waals surface area contributed by atoms with Crippen LogP contribution in [0.5, 0.6) is 5.88 Å². The number of carbonyl (C=O) groups excluding carboxylic acids is 1. The maximum atomic E-state index is 12.2. The molecule has 6 nitrogen and oxygen atoms in total. The Morgan fingerprint density at radius 3 is 2.90 bits per heavy atom. The summed E-state index contributed by atoms with van der Waals surface area (Å²) in [6.07, 6.45) is 1.95. The average Bonchev–Trinajstić information content (AvgIpc) is 2.51. The van der Waals surface area contributed by atoms with Gasteiger partial charge in [-0.2, -0.15) is 0 Å². The van der Waals surface area contributed by atoms with Crippen LogP contribution in [-0.2, 0) is 11.3 Å². The fourth-order valence-corrected chi connectivity index (χ4v) is 2.30. The van der Waals surface area contributed by atoms with Crippen molar-refractivity contribution in [2.75, 3.05) is 11.9 Å². The minimum atomic E-state index is -0.328. The Hall–Kier alpha value is -2.34. The van der Waals surface area contributed by atoms with Gasteiger partial charge in [-0.15, -0.1) is 0 Å². The summed E-state index contributed by atoms with van der Waals surface area (Å²) in [5, 5.41) is 3.76. The normalized spacial score (nSPS) is 16.5. The lowest BCUT2D eigenvalue weighted by molar-refractivity contribution is -0.108. The van der Waals surface area contributed by atoms with E-state index in [1.165, 1.54) is 10.9 Å². The number of benzene rings is 1. The molecule has 0 bridgehead atoms. The average molecular weight is 306 g/mol. The third kappa shape index (κ3) is 2.62. The number of hydrogen-bond donors (Lipinski definition) is 1. The quantitative estimate of drug-likeness (QED) is 0.873. The van der Waals surface area contributed by atoms with E-state index in [0.29, 0.717) is 17.9 Å². The number of halogens is 1. The molecule has 108 valence electrons. The van der Waals surface area contributed by atoms with Crippen molar-refractivity contribution in [3.8, 4) is 5.88 Å². The van der Waals surface area contributed by atoms with Crippen LogP contribution < -0.4 is 15.6 Å². The summed E-state index contributed by atoms with van der Waals surface area (Å²) < 4.78 is 6.76. The third-order valence-electron chi connectivity index (χ3n) is 3.25. The number of fused-ring (bicyclic) bond motifs is 1. The van der Waals surface area contributed by atoms with Crippen LogP contribution >= 0.6 is 11.6 Å². The number of aldehydes is 1. The zero-order chi connectivity index (χ0) is 14.8. The van der Waals surface area contributed by atoms with Crippen molar-refractivity contribution in [1.82, 2.24) is 9.55 Å². The van der Waals surface area contributed by atoms with E-state index in [4.69, 9.17) is 16.3 Å². The molecule has 0 radical (unpaired) electrons. The zero-order valence-corrected chi connectivity index (χ0v) is 11.7. The molecular formula is C14H12ClN3O3. The van der Waals surface area contributed by atoms with Crippen LogP contribution in [0.3, 0.4) is 0 Å². The zero-order valence-electron chi connectivity index (χ0n) is 11.0. The third-order valence-corrected chi connectivity index (χ3v) is 3.50. The van der Waals surface area contributed by atoms with Crippen molar-refractivity contribution in [2.24, 2.45) is 0 Å². The van der Waals surface area contributed by atoms with Gasteiger partial charge < -0.3 is 14.8 Å². The highest BCUT2D eigenvalue weighted by molar-refractivity contribution is 6.30.